The summed E-state index contributed by atoms with van der Waals surface area (Å²) < 4.78 is 2.12. The Morgan fingerprint density at radius 1 is 1.33 bits per heavy atom. The molecule has 1 heterocycles. The molecule has 3 rings (SSSR count). The van der Waals surface area contributed by atoms with Crippen molar-refractivity contribution in [2.75, 3.05) is 6.54 Å². The summed E-state index contributed by atoms with van der Waals surface area (Å²) in [6, 6.07) is 8.17. The molecule has 21 heavy (non-hydrogen) atoms. The van der Waals surface area contributed by atoms with E-state index in [1.807, 2.05) is 25.2 Å². The van der Waals surface area contributed by atoms with Crippen molar-refractivity contribution in [2.24, 2.45) is 13.0 Å². The molecular weight excluding hydrogens is 262 g/mol. The highest BCUT2D eigenvalue weighted by molar-refractivity contribution is 5.75. The maximum atomic E-state index is 10.6. The molecule has 0 saturated heterocycles. The van der Waals surface area contributed by atoms with Crippen LogP contribution >= 0.6 is 0 Å². The third-order valence-electron chi connectivity index (χ3n) is 4.82. The van der Waals surface area contributed by atoms with Gasteiger partial charge in [-0.05, 0) is 43.7 Å². The number of hydrogen-bond donors (Lipinski definition) is 2. The number of aromatic nitrogens is 2. The van der Waals surface area contributed by atoms with Crippen LogP contribution in [0.15, 0.2) is 24.3 Å². The summed E-state index contributed by atoms with van der Waals surface area (Å²) in [5.41, 5.74) is 1.65. The van der Waals surface area contributed by atoms with E-state index in [9.17, 15) is 5.11 Å². The molecule has 4 nitrogen and oxygen atoms in total. The van der Waals surface area contributed by atoms with Crippen molar-refractivity contribution in [1.29, 1.82) is 0 Å². The lowest BCUT2D eigenvalue weighted by Gasteiger charge is -2.35. The Morgan fingerprint density at radius 2 is 2.05 bits per heavy atom. The third-order valence-corrected chi connectivity index (χ3v) is 4.82. The van der Waals surface area contributed by atoms with Gasteiger partial charge in [0, 0.05) is 13.6 Å². The maximum Gasteiger partial charge on any atom is 0.123 e. The zero-order valence-corrected chi connectivity index (χ0v) is 13.0. The molecule has 0 aliphatic heterocycles. The number of imidazole rings is 1. The van der Waals surface area contributed by atoms with Crippen LogP contribution in [0.1, 0.15) is 38.4 Å². The number of aryl methyl sites for hydroxylation is 1. The molecular formula is C17H25N3O. The number of hydrogen-bond acceptors (Lipinski definition) is 3. The quantitative estimate of drug-likeness (QED) is 0.909. The van der Waals surface area contributed by atoms with Gasteiger partial charge >= 0.3 is 0 Å². The van der Waals surface area contributed by atoms with E-state index in [4.69, 9.17) is 0 Å². The molecule has 1 aliphatic carbocycles. The lowest BCUT2D eigenvalue weighted by atomic mass is 9.79. The molecule has 114 valence electrons. The van der Waals surface area contributed by atoms with E-state index < -0.39 is 5.60 Å². The Hall–Kier alpha value is -1.39. The van der Waals surface area contributed by atoms with Gasteiger partial charge in [-0.1, -0.05) is 19.1 Å². The highest BCUT2D eigenvalue weighted by Gasteiger charge is 2.31. The van der Waals surface area contributed by atoms with Crippen LogP contribution < -0.4 is 5.32 Å². The van der Waals surface area contributed by atoms with Crippen molar-refractivity contribution in [3.63, 3.8) is 0 Å². The number of para-hydroxylation sites is 2. The van der Waals surface area contributed by atoms with Gasteiger partial charge in [-0.25, -0.2) is 4.98 Å². The van der Waals surface area contributed by atoms with E-state index in [2.05, 4.69) is 27.9 Å². The van der Waals surface area contributed by atoms with Crippen molar-refractivity contribution in [3.05, 3.63) is 30.1 Å². The van der Waals surface area contributed by atoms with Crippen molar-refractivity contribution < 1.29 is 5.11 Å². The molecule has 1 fully saturated rings. The van der Waals surface area contributed by atoms with Crippen LogP contribution in [0, 0.1) is 5.92 Å². The van der Waals surface area contributed by atoms with Gasteiger partial charge in [0.05, 0.1) is 23.2 Å². The first kappa shape index (κ1) is 14.5. The highest BCUT2D eigenvalue weighted by atomic mass is 16.3. The second-order valence-electron chi connectivity index (χ2n) is 6.59. The maximum absolute atomic E-state index is 10.6. The first-order valence-electron chi connectivity index (χ1n) is 7.91. The Balaban J connectivity index is 1.60. The average molecular weight is 287 g/mol. The monoisotopic (exact) mass is 287 g/mol. The molecule has 2 N–H and O–H groups in total. The van der Waals surface area contributed by atoms with Crippen molar-refractivity contribution >= 4 is 11.0 Å². The number of rotatable bonds is 4. The molecule has 1 saturated carbocycles. The Bertz CT molecular complexity index is 612. The number of benzene rings is 1. The predicted octanol–water partition coefficient (Wildman–Crippen LogP) is 2.60. The van der Waals surface area contributed by atoms with E-state index >= 15 is 0 Å². The highest BCUT2D eigenvalue weighted by Crippen LogP contribution is 2.31. The summed E-state index contributed by atoms with van der Waals surface area (Å²) in [7, 11) is 2.04. The standard InChI is InChI=1S/C17H25N3O/c1-13-7-9-17(21,10-8-13)12-18-11-16-19-14-5-3-4-6-15(14)20(16)2/h3-6,13,18,21H,7-12H2,1-2H3. The van der Waals surface area contributed by atoms with E-state index in [-0.39, 0.29) is 0 Å². The zero-order valence-electron chi connectivity index (χ0n) is 13.0. The van der Waals surface area contributed by atoms with Crippen molar-refractivity contribution in [3.8, 4) is 0 Å². The van der Waals surface area contributed by atoms with Gasteiger partial charge in [0.25, 0.3) is 0 Å². The van der Waals surface area contributed by atoms with Gasteiger partial charge in [0.1, 0.15) is 5.82 Å². The van der Waals surface area contributed by atoms with Gasteiger partial charge in [0.2, 0.25) is 0 Å². The van der Waals surface area contributed by atoms with Gasteiger partial charge in [0.15, 0.2) is 0 Å². The van der Waals surface area contributed by atoms with Crippen LogP contribution in [0.3, 0.4) is 0 Å². The summed E-state index contributed by atoms with van der Waals surface area (Å²) in [6.45, 7) is 3.62. The normalized spacial score (nSPS) is 26.3. The van der Waals surface area contributed by atoms with Crippen LogP contribution in [0.4, 0.5) is 0 Å². The fourth-order valence-corrected chi connectivity index (χ4v) is 3.24. The lowest BCUT2D eigenvalue weighted by Crippen LogP contribution is -2.43. The average Bonchev–Trinajstić information content (AvgIpc) is 2.80. The fourth-order valence-electron chi connectivity index (χ4n) is 3.24. The van der Waals surface area contributed by atoms with E-state index in [0.29, 0.717) is 13.1 Å². The van der Waals surface area contributed by atoms with Crippen LogP contribution in [0.2, 0.25) is 0 Å². The fraction of sp³-hybridized carbons (Fsp3) is 0.588. The van der Waals surface area contributed by atoms with Crippen LogP contribution in [-0.2, 0) is 13.6 Å². The van der Waals surface area contributed by atoms with Crippen LogP contribution in [0.25, 0.3) is 11.0 Å². The molecule has 0 spiro atoms. The number of aliphatic hydroxyl groups is 1. The molecule has 0 amide bonds. The van der Waals surface area contributed by atoms with E-state index in [1.165, 1.54) is 0 Å². The molecule has 1 aliphatic rings. The SMILES string of the molecule is CC1CCC(O)(CNCc2nc3ccccc3n2C)CC1. The van der Waals surface area contributed by atoms with E-state index in [1.54, 1.807) is 0 Å². The molecule has 0 bridgehead atoms. The number of nitrogens with one attached hydrogen (secondary N) is 1. The minimum atomic E-state index is -0.531. The van der Waals surface area contributed by atoms with Crippen LogP contribution in [-0.4, -0.2) is 26.8 Å². The molecule has 0 radical (unpaired) electrons. The van der Waals surface area contributed by atoms with E-state index in [0.717, 1.165) is 48.5 Å². The molecule has 0 atom stereocenters. The predicted molar refractivity (Wildman–Crippen MR) is 85.0 cm³/mol. The lowest BCUT2D eigenvalue weighted by molar-refractivity contribution is -0.00644. The Morgan fingerprint density at radius 3 is 2.76 bits per heavy atom. The molecule has 2 aromatic rings. The molecule has 4 heteroatoms. The zero-order chi connectivity index (χ0) is 14.9. The van der Waals surface area contributed by atoms with Gasteiger partial charge < -0.3 is 15.0 Å². The Labute approximate surface area is 126 Å². The number of fused-ring (bicyclic) bond motifs is 1. The third kappa shape index (κ3) is 3.11. The van der Waals surface area contributed by atoms with Crippen molar-refractivity contribution in [2.45, 2.75) is 44.8 Å². The first-order valence-corrected chi connectivity index (χ1v) is 7.91. The topological polar surface area (TPSA) is 50.1 Å². The second kappa shape index (κ2) is 5.78. The molecule has 0 unspecified atom stereocenters. The minimum absolute atomic E-state index is 0.531. The van der Waals surface area contributed by atoms with Gasteiger partial charge in [-0.15, -0.1) is 0 Å². The molecule has 1 aromatic carbocycles. The van der Waals surface area contributed by atoms with Crippen LogP contribution in [0.5, 0.6) is 0 Å². The minimum Gasteiger partial charge on any atom is -0.389 e. The largest absolute Gasteiger partial charge is 0.389 e. The smallest absolute Gasteiger partial charge is 0.123 e. The summed E-state index contributed by atoms with van der Waals surface area (Å²) in [6.07, 6.45) is 4.07. The van der Waals surface area contributed by atoms with Gasteiger partial charge in [-0.3, -0.25) is 0 Å². The Kier molecular flexibility index (Phi) is 4.00. The van der Waals surface area contributed by atoms with Gasteiger partial charge in [-0.2, -0.15) is 0 Å². The second-order valence-corrected chi connectivity index (χ2v) is 6.59. The number of nitrogens with zero attached hydrogens (tertiary/aromatic N) is 2. The summed E-state index contributed by atoms with van der Waals surface area (Å²) in [5, 5.41) is 14.0. The summed E-state index contributed by atoms with van der Waals surface area (Å²) in [4.78, 5) is 4.65. The summed E-state index contributed by atoms with van der Waals surface area (Å²) >= 11 is 0. The first-order chi connectivity index (χ1) is 10.1. The van der Waals surface area contributed by atoms with Crippen molar-refractivity contribution in [1.82, 2.24) is 14.9 Å². The summed E-state index contributed by atoms with van der Waals surface area (Å²) in [5.74, 6) is 1.77. The molecule has 1 aromatic heterocycles.